The predicted molar refractivity (Wildman–Crippen MR) is 120 cm³/mol. The molecule has 11 heteroatoms. The minimum Gasteiger partial charge on any atom is -0.480 e. The normalized spacial score (nSPS) is 15.9. The van der Waals surface area contributed by atoms with Crippen LogP contribution < -0.4 is 27.4 Å². The van der Waals surface area contributed by atoms with Crippen molar-refractivity contribution in [2.45, 2.75) is 84.0 Å². The van der Waals surface area contributed by atoms with E-state index in [9.17, 15) is 24.3 Å². The molecule has 11 nitrogen and oxygen atoms in total. The Labute approximate surface area is 190 Å². The molecule has 5 unspecified atom stereocenters. The van der Waals surface area contributed by atoms with Crippen LogP contribution in [-0.4, -0.2) is 71.2 Å². The Hall–Kier alpha value is -2.24. The molecule has 0 aromatic rings. The number of hydrogen-bond acceptors (Lipinski definition) is 7. The van der Waals surface area contributed by atoms with Crippen LogP contribution in [0.5, 0.6) is 0 Å². The second-order valence-corrected chi connectivity index (χ2v) is 8.54. The van der Waals surface area contributed by atoms with Crippen molar-refractivity contribution in [1.82, 2.24) is 16.0 Å². The maximum atomic E-state index is 13.0. The van der Waals surface area contributed by atoms with Crippen LogP contribution in [0, 0.1) is 11.8 Å². The molecule has 0 aromatic heterocycles. The lowest BCUT2D eigenvalue weighted by Gasteiger charge is -2.28. The lowest BCUT2D eigenvalue weighted by atomic mass is 9.96. The molecule has 0 bridgehead atoms. The molecule has 0 saturated heterocycles. The third-order valence-corrected chi connectivity index (χ3v) is 5.23. The maximum Gasteiger partial charge on any atom is 0.326 e. The van der Waals surface area contributed by atoms with Gasteiger partial charge in [-0.15, -0.1) is 0 Å². The molecular weight excluding hydrogens is 418 g/mol. The lowest BCUT2D eigenvalue weighted by Crippen LogP contribution is -2.59. The molecule has 0 heterocycles. The van der Waals surface area contributed by atoms with Gasteiger partial charge in [-0.3, -0.25) is 14.4 Å². The van der Waals surface area contributed by atoms with Crippen molar-refractivity contribution in [3.63, 3.8) is 0 Å². The molecular formula is C21H41N5O6. The quantitative estimate of drug-likeness (QED) is 0.144. The Kier molecular flexibility index (Phi) is 14.5. The number of carboxylic acid groups (broad SMARTS) is 1. The van der Waals surface area contributed by atoms with Crippen LogP contribution in [-0.2, 0) is 19.2 Å². The largest absolute Gasteiger partial charge is 0.480 e. The van der Waals surface area contributed by atoms with E-state index in [1.54, 1.807) is 6.92 Å². The van der Waals surface area contributed by atoms with E-state index in [0.717, 1.165) is 0 Å². The minimum atomic E-state index is -1.18. The molecule has 0 saturated carbocycles. The molecule has 5 atom stereocenters. The summed E-state index contributed by atoms with van der Waals surface area (Å²) in [4.78, 5) is 49.5. The van der Waals surface area contributed by atoms with Crippen LogP contribution in [0.4, 0.5) is 0 Å². The predicted octanol–water partition coefficient (Wildman–Crippen LogP) is -0.934. The first-order chi connectivity index (χ1) is 15.0. The number of carbonyl (C=O) groups is 4. The Balaban J connectivity index is 5.50. The highest BCUT2D eigenvalue weighted by Crippen LogP contribution is 2.12. The molecule has 0 aliphatic heterocycles. The molecule has 0 spiro atoms. The third-order valence-electron chi connectivity index (χ3n) is 5.23. The summed E-state index contributed by atoms with van der Waals surface area (Å²) in [7, 11) is 0. The maximum absolute atomic E-state index is 13.0. The van der Waals surface area contributed by atoms with Gasteiger partial charge in [0.2, 0.25) is 17.7 Å². The summed E-state index contributed by atoms with van der Waals surface area (Å²) < 4.78 is 0. The number of carbonyl (C=O) groups excluding carboxylic acids is 3. The number of nitrogens with one attached hydrogen (secondary N) is 3. The Morgan fingerprint density at radius 3 is 1.97 bits per heavy atom. The first kappa shape index (κ1) is 29.8. The fraction of sp³-hybridized carbons (Fsp3) is 0.810. The molecule has 186 valence electrons. The van der Waals surface area contributed by atoms with Gasteiger partial charge < -0.3 is 37.6 Å². The zero-order valence-electron chi connectivity index (χ0n) is 19.6. The fourth-order valence-electron chi connectivity index (χ4n) is 3.03. The van der Waals surface area contributed by atoms with Crippen LogP contribution in [0.15, 0.2) is 0 Å². The first-order valence-corrected chi connectivity index (χ1v) is 11.2. The number of unbranched alkanes of at least 4 members (excludes halogenated alkanes) is 1. The van der Waals surface area contributed by atoms with E-state index in [4.69, 9.17) is 16.6 Å². The number of nitrogens with two attached hydrogens (primary N) is 2. The summed E-state index contributed by atoms with van der Waals surface area (Å²) >= 11 is 0. The van der Waals surface area contributed by atoms with E-state index in [0.29, 0.717) is 25.8 Å². The SMILES string of the molecule is CCC(C)C(NC(=O)C(CCCCN)NC(=O)C(N)CO)C(=O)NC(CC(C)C)C(=O)O. The Morgan fingerprint density at radius 1 is 0.906 bits per heavy atom. The summed E-state index contributed by atoms with van der Waals surface area (Å²) in [6.45, 7) is 7.16. The van der Waals surface area contributed by atoms with Gasteiger partial charge in [-0.05, 0) is 44.1 Å². The molecule has 0 aliphatic carbocycles. The minimum absolute atomic E-state index is 0.0471. The Bertz CT molecular complexity index is 615. The summed E-state index contributed by atoms with van der Waals surface area (Å²) in [5.41, 5.74) is 11.0. The fourth-order valence-corrected chi connectivity index (χ4v) is 3.03. The zero-order chi connectivity index (χ0) is 24.8. The molecule has 32 heavy (non-hydrogen) atoms. The van der Waals surface area contributed by atoms with Crippen LogP contribution >= 0.6 is 0 Å². The van der Waals surface area contributed by atoms with Gasteiger partial charge in [0.15, 0.2) is 0 Å². The lowest BCUT2D eigenvalue weighted by molar-refractivity contribution is -0.143. The van der Waals surface area contributed by atoms with Crippen molar-refractivity contribution >= 4 is 23.7 Å². The highest BCUT2D eigenvalue weighted by molar-refractivity contribution is 5.94. The zero-order valence-corrected chi connectivity index (χ0v) is 19.6. The van der Waals surface area contributed by atoms with Crippen molar-refractivity contribution in [3.05, 3.63) is 0 Å². The van der Waals surface area contributed by atoms with Crippen LogP contribution in [0.3, 0.4) is 0 Å². The highest BCUT2D eigenvalue weighted by atomic mass is 16.4. The van der Waals surface area contributed by atoms with Gasteiger partial charge in [0, 0.05) is 0 Å². The van der Waals surface area contributed by atoms with E-state index < -0.39 is 54.5 Å². The number of aliphatic hydroxyl groups excluding tert-OH is 1. The van der Waals surface area contributed by atoms with Gasteiger partial charge in [-0.2, -0.15) is 0 Å². The molecule has 0 rings (SSSR count). The summed E-state index contributed by atoms with van der Waals surface area (Å²) in [5, 5.41) is 26.2. The molecule has 0 radical (unpaired) electrons. The second kappa shape index (κ2) is 15.5. The number of aliphatic carboxylic acids is 1. The van der Waals surface area contributed by atoms with Gasteiger partial charge in [-0.25, -0.2) is 4.79 Å². The first-order valence-electron chi connectivity index (χ1n) is 11.2. The highest BCUT2D eigenvalue weighted by Gasteiger charge is 2.32. The second-order valence-electron chi connectivity index (χ2n) is 8.54. The van der Waals surface area contributed by atoms with E-state index in [-0.39, 0.29) is 24.7 Å². The topological polar surface area (TPSA) is 197 Å². The van der Waals surface area contributed by atoms with E-state index in [1.165, 1.54) is 0 Å². The van der Waals surface area contributed by atoms with Crippen LogP contribution in [0.1, 0.15) is 59.8 Å². The monoisotopic (exact) mass is 459 g/mol. The summed E-state index contributed by atoms with van der Waals surface area (Å²) in [6.07, 6.45) is 2.27. The Morgan fingerprint density at radius 2 is 1.50 bits per heavy atom. The molecule has 0 aromatic carbocycles. The van der Waals surface area contributed by atoms with E-state index in [1.807, 2.05) is 20.8 Å². The number of hydrogen-bond donors (Lipinski definition) is 7. The molecule has 0 fully saturated rings. The molecule has 3 amide bonds. The summed E-state index contributed by atoms with van der Waals surface area (Å²) in [5.74, 6) is -3.26. The third kappa shape index (κ3) is 10.9. The van der Waals surface area contributed by atoms with Crippen LogP contribution in [0.2, 0.25) is 0 Å². The number of aliphatic hydroxyl groups is 1. The van der Waals surface area contributed by atoms with Crippen molar-refractivity contribution in [1.29, 1.82) is 0 Å². The van der Waals surface area contributed by atoms with Crippen molar-refractivity contribution in [2.75, 3.05) is 13.2 Å². The average molecular weight is 460 g/mol. The van der Waals surface area contributed by atoms with Crippen LogP contribution in [0.25, 0.3) is 0 Å². The summed E-state index contributed by atoms with van der Waals surface area (Å²) in [6, 6.07) is -4.21. The van der Waals surface area contributed by atoms with Gasteiger partial charge in [0.05, 0.1) is 6.61 Å². The van der Waals surface area contributed by atoms with Gasteiger partial charge >= 0.3 is 5.97 Å². The smallest absolute Gasteiger partial charge is 0.326 e. The standard InChI is InChI=1S/C21H41N5O6/c1-5-13(4)17(20(30)25-16(21(31)32)10-12(2)3)26-19(29)15(8-6-7-9-22)24-18(28)14(23)11-27/h12-17,27H,5-11,22-23H2,1-4H3,(H,24,28)(H,25,30)(H,26,29)(H,31,32). The van der Waals surface area contributed by atoms with Gasteiger partial charge in [-0.1, -0.05) is 34.1 Å². The number of rotatable bonds is 16. The van der Waals surface area contributed by atoms with Crippen molar-refractivity contribution < 1.29 is 29.4 Å². The van der Waals surface area contributed by atoms with Crippen molar-refractivity contribution in [3.8, 4) is 0 Å². The van der Waals surface area contributed by atoms with Crippen molar-refractivity contribution in [2.24, 2.45) is 23.3 Å². The van der Waals surface area contributed by atoms with E-state index >= 15 is 0 Å². The van der Waals surface area contributed by atoms with Gasteiger partial charge in [0.1, 0.15) is 24.2 Å². The molecule has 9 N–H and O–H groups in total. The van der Waals surface area contributed by atoms with Gasteiger partial charge in [0.25, 0.3) is 0 Å². The van der Waals surface area contributed by atoms with E-state index in [2.05, 4.69) is 16.0 Å². The molecule has 0 aliphatic rings. The number of amides is 3. The number of carboxylic acids is 1. The average Bonchev–Trinajstić information content (AvgIpc) is 2.74.